The maximum Gasteiger partial charge on any atom is 0.407 e. The van der Waals surface area contributed by atoms with Crippen LogP contribution in [0.3, 0.4) is 0 Å². The monoisotopic (exact) mass is 663 g/mol. The van der Waals surface area contributed by atoms with E-state index in [2.05, 4.69) is 20.9 Å². The molecule has 0 radical (unpaired) electrons. The van der Waals surface area contributed by atoms with Gasteiger partial charge in [0.25, 0.3) is 0 Å². The average molecular weight is 664 g/mol. The van der Waals surface area contributed by atoms with E-state index in [1.54, 1.807) is 0 Å². The number of amides is 2. The van der Waals surface area contributed by atoms with Crippen LogP contribution in [0, 0.1) is 23.3 Å². The molecule has 3 N–H and O–H groups in total. The van der Waals surface area contributed by atoms with Crippen LogP contribution in [0.5, 0.6) is 0 Å². The summed E-state index contributed by atoms with van der Waals surface area (Å²) in [7, 11) is -2.43. The summed E-state index contributed by atoms with van der Waals surface area (Å²) in [5, 5.41) is 7.74. The number of methoxy groups -OCH3 is 1. The minimum Gasteiger partial charge on any atom is -0.453 e. The second kappa shape index (κ2) is 14.1. The highest BCUT2D eigenvalue weighted by atomic mass is 32.2. The number of hydrogen-bond donors (Lipinski definition) is 3. The van der Waals surface area contributed by atoms with Crippen LogP contribution in [0.25, 0.3) is 0 Å². The van der Waals surface area contributed by atoms with E-state index in [0.29, 0.717) is 32.0 Å². The van der Waals surface area contributed by atoms with Gasteiger partial charge >= 0.3 is 6.09 Å². The molecule has 2 aliphatic rings. The molecule has 2 amide bonds. The smallest absolute Gasteiger partial charge is 0.407 e. The van der Waals surface area contributed by atoms with Crippen LogP contribution in [-0.4, -0.2) is 73.8 Å². The van der Waals surface area contributed by atoms with Crippen LogP contribution in [0.15, 0.2) is 54.9 Å². The topological polar surface area (TPSA) is 130 Å². The van der Waals surface area contributed by atoms with E-state index in [1.165, 1.54) is 22.6 Å². The number of benzene rings is 2. The maximum atomic E-state index is 15.2. The van der Waals surface area contributed by atoms with Crippen LogP contribution < -0.4 is 16.0 Å². The highest BCUT2D eigenvalue weighted by Gasteiger charge is 2.43. The molecule has 3 aromatic rings. The van der Waals surface area contributed by atoms with Crippen molar-refractivity contribution in [3.05, 3.63) is 94.8 Å². The Bertz CT molecular complexity index is 1670. The number of ether oxygens (including phenoxy) is 1. The van der Waals surface area contributed by atoms with Gasteiger partial charge in [0.05, 0.1) is 30.4 Å². The highest BCUT2D eigenvalue weighted by molar-refractivity contribution is 7.90. The fourth-order valence-corrected chi connectivity index (χ4v) is 7.77. The van der Waals surface area contributed by atoms with Crippen molar-refractivity contribution >= 4 is 27.7 Å². The summed E-state index contributed by atoms with van der Waals surface area (Å²) < 4.78 is 90.1. The number of rotatable bonds is 11. The van der Waals surface area contributed by atoms with Gasteiger partial charge in [-0.3, -0.25) is 9.78 Å². The Balaban J connectivity index is 1.46. The number of aromatic nitrogens is 1. The zero-order valence-electron chi connectivity index (χ0n) is 24.8. The van der Waals surface area contributed by atoms with Crippen molar-refractivity contribution in [3.8, 4) is 0 Å². The summed E-state index contributed by atoms with van der Waals surface area (Å²) in [5.41, 5.74) is 0.164. The molecule has 2 aromatic carbocycles. The Hall–Kier alpha value is -4.08. The number of piperazine rings is 1. The molecule has 2 heterocycles. The van der Waals surface area contributed by atoms with Gasteiger partial charge in [-0.25, -0.2) is 30.8 Å². The number of nitrogens with one attached hydrogen (secondary N) is 3. The average Bonchev–Trinajstić information content (AvgIpc) is 3.88. The molecule has 2 fully saturated rings. The fraction of sp³-hybridized carbons (Fsp3) is 0.387. The van der Waals surface area contributed by atoms with E-state index in [9.17, 15) is 31.2 Å². The zero-order chi connectivity index (χ0) is 33.0. The third kappa shape index (κ3) is 7.65. The van der Waals surface area contributed by atoms with Crippen molar-refractivity contribution in [2.45, 2.75) is 48.9 Å². The summed E-state index contributed by atoms with van der Waals surface area (Å²) in [4.78, 5) is 30.2. The van der Waals surface area contributed by atoms with Crippen LogP contribution in [0.4, 0.5) is 28.0 Å². The Kier molecular flexibility index (Phi) is 10.2. The molecule has 1 aliphatic carbocycles. The Labute approximate surface area is 263 Å². The molecule has 1 saturated heterocycles. The lowest BCUT2D eigenvalue weighted by Gasteiger charge is -2.35. The van der Waals surface area contributed by atoms with Crippen molar-refractivity contribution in [2.75, 3.05) is 32.1 Å². The second-order valence-electron chi connectivity index (χ2n) is 11.2. The first-order chi connectivity index (χ1) is 22.0. The van der Waals surface area contributed by atoms with Crippen LogP contribution in [0.2, 0.25) is 0 Å². The molecule has 1 saturated carbocycles. The van der Waals surface area contributed by atoms with Gasteiger partial charge in [0, 0.05) is 43.2 Å². The van der Waals surface area contributed by atoms with Crippen LogP contribution in [-0.2, 0) is 26.0 Å². The van der Waals surface area contributed by atoms with Crippen molar-refractivity contribution in [1.82, 2.24) is 19.9 Å². The molecular formula is C31H33F4N5O5S. The lowest BCUT2D eigenvalue weighted by atomic mass is 9.84. The predicted molar refractivity (Wildman–Crippen MR) is 160 cm³/mol. The van der Waals surface area contributed by atoms with Crippen molar-refractivity contribution in [3.63, 3.8) is 0 Å². The third-order valence-corrected chi connectivity index (χ3v) is 10.6. The predicted octanol–water partition coefficient (Wildman–Crippen LogP) is 3.83. The summed E-state index contributed by atoms with van der Waals surface area (Å²) in [6.45, 7) is 1.15. The number of hydrogen-bond acceptors (Lipinski definition) is 7. The van der Waals surface area contributed by atoms with Crippen molar-refractivity contribution in [1.29, 1.82) is 0 Å². The van der Waals surface area contributed by atoms with Crippen LogP contribution >= 0.6 is 0 Å². The van der Waals surface area contributed by atoms with Gasteiger partial charge in [-0.2, -0.15) is 4.31 Å². The number of halogens is 4. The summed E-state index contributed by atoms with van der Waals surface area (Å²) in [6, 6.07) is 5.33. The number of sulfonamides is 1. The van der Waals surface area contributed by atoms with E-state index in [0.717, 1.165) is 37.6 Å². The molecule has 0 spiro atoms. The number of pyridine rings is 1. The van der Waals surface area contributed by atoms with Crippen LogP contribution in [0.1, 0.15) is 41.9 Å². The quantitative estimate of drug-likeness (QED) is 0.266. The molecule has 0 bridgehead atoms. The first-order valence-electron chi connectivity index (χ1n) is 14.7. The molecule has 46 heavy (non-hydrogen) atoms. The molecule has 10 nitrogen and oxygen atoms in total. The van der Waals surface area contributed by atoms with Gasteiger partial charge < -0.3 is 20.7 Å². The molecule has 0 unspecified atom stereocenters. The van der Waals surface area contributed by atoms with E-state index in [1.807, 2.05) is 0 Å². The van der Waals surface area contributed by atoms with Gasteiger partial charge in [0.1, 0.15) is 29.3 Å². The number of nitrogens with zero attached hydrogens (tertiary/aromatic N) is 2. The van der Waals surface area contributed by atoms with E-state index in [4.69, 9.17) is 4.74 Å². The maximum absolute atomic E-state index is 15.2. The SMILES string of the molecule is COC(=O)N[C@H](C(=O)Nc1cncc(F)c1CC[C@H]1CNCCN1S(=O)(=O)C1CC1)[C@@H](c1ccc(F)cc1)c1cc(F)cc(F)c1. The third-order valence-electron chi connectivity index (χ3n) is 8.11. The number of alkyl carbamates (subject to hydrolysis) is 1. The van der Waals surface area contributed by atoms with E-state index < -0.39 is 68.5 Å². The Morgan fingerprint density at radius 2 is 1.72 bits per heavy atom. The van der Waals surface area contributed by atoms with E-state index >= 15 is 4.39 Å². The molecule has 1 aliphatic heterocycles. The van der Waals surface area contributed by atoms with E-state index in [-0.39, 0.29) is 41.8 Å². The first-order valence-corrected chi connectivity index (χ1v) is 16.2. The molecular weight excluding hydrogens is 630 g/mol. The molecule has 15 heteroatoms. The van der Waals surface area contributed by atoms with Gasteiger partial charge in [-0.1, -0.05) is 12.1 Å². The molecule has 3 atom stereocenters. The largest absolute Gasteiger partial charge is 0.453 e. The molecule has 1 aromatic heterocycles. The van der Waals surface area contributed by atoms with Gasteiger partial charge in [-0.05, 0) is 61.1 Å². The minimum atomic E-state index is -3.49. The summed E-state index contributed by atoms with van der Waals surface area (Å²) >= 11 is 0. The normalized spacial score (nSPS) is 18.4. The Morgan fingerprint density at radius 3 is 2.37 bits per heavy atom. The minimum absolute atomic E-state index is 0.0264. The molecule has 5 rings (SSSR count). The number of carbonyl (C=O) groups excluding carboxylic acids is 2. The summed E-state index contributed by atoms with van der Waals surface area (Å²) in [6.07, 6.45) is 2.59. The van der Waals surface area contributed by atoms with Crippen molar-refractivity contribution < 1.29 is 40.3 Å². The molecule has 246 valence electrons. The second-order valence-corrected chi connectivity index (χ2v) is 13.4. The number of anilines is 1. The van der Waals surface area contributed by atoms with Gasteiger partial charge in [0.2, 0.25) is 15.9 Å². The fourth-order valence-electron chi connectivity index (χ4n) is 5.71. The van der Waals surface area contributed by atoms with Gasteiger partial charge in [0.15, 0.2) is 0 Å². The van der Waals surface area contributed by atoms with Gasteiger partial charge in [-0.15, -0.1) is 0 Å². The number of carbonyl (C=O) groups is 2. The standard InChI is InChI=1S/C31H33F4N5O5S/c1-45-31(42)39-29(28(18-2-4-20(32)5-3-18)19-12-21(33)14-22(34)13-19)30(41)38-27-17-37-16-26(35)25(27)9-6-23-15-36-10-11-40(23)46(43,44)24-7-8-24/h2-5,12-14,16-17,23-24,28-29,36H,6-11,15H2,1H3,(H,38,41)(H,39,42)/t23-,28-,29-/m0/s1. The zero-order valence-corrected chi connectivity index (χ0v) is 25.6. The Morgan fingerprint density at radius 1 is 1.02 bits per heavy atom. The summed E-state index contributed by atoms with van der Waals surface area (Å²) in [5.74, 6) is -5.45. The lowest BCUT2D eigenvalue weighted by molar-refractivity contribution is -0.118. The first kappa shape index (κ1) is 33.3. The highest BCUT2D eigenvalue weighted by Crippen LogP contribution is 2.34. The van der Waals surface area contributed by atoms with Crippen molar-refractivity contribution in [2.24, 2.45) is 0 Å². The lowest BCUT2D eigenvalue weighted by Crippen LogP contribution is -2.54.